The van der Waals surface area contributed by atoms with Crippen LogP contribution in [0.1, 0.15) is 20.8 Å². The molecule has 0 saturated carbocycles. The van der Waals surface area contributed by atoms with Gasteiger partial charge in [0.2, 0.25) is 5.84 Å². The number of aliphatic hydroxyl groups is 2. The quantitative estimate of drug-likeness (QED) is 0.0611. The van der Waals surface area contributed by atoms with Gasteiger partial charge in [0, 0.05) is 20.8 Å². The molecule has 18 nitrogen and oxygen atoms in total. The molecule has 1 fully saturated rings. The summed E-state index contributed by atoms with van der Waals surface area (Å²) >= 11 is 6.10. The number of hydrogen-bond donors (Lipinski definition) is 3. The predicted octanol–water partition coefficient (Wildman–Crippen LogP) is -2.68. The fourth-order valence-corrected chi connectivity index (χ4v) is 3.74. The summed E-state index contributed by atoms with van der Waals surface area (Å²) in [7, 11) is 0. The van der Waals surface area contributed by atoms with Crippen molar-refractivity contribution in [2.24, 2.45) is 20.7 Å². The number of hydrogen-bond acceptors (Lipinski definition) is 17. The molecule has 0 aromatic rings. The number of aliphatic hydroxyl groups excluding tert-OH is 2. The van der Waals surface area contributed by atoms with Crippen LogP contribution in [-0.2, 0) is 38.4 Å². The molecule has 3 aliphatic rings. The lowest BCUT2D eigenvalue weighted by molar-refractivity contribution is -0.478. The van der Waals surface area contributed by atoms with Gasteiger partial charge < -0.3 is 34.5 Å². The molecule has 4 N–H and O–H groups in total. The highest BCUT2D eigenvalue weighted by molar-refractivity contribution is 6.57. The number of guanidine groups is 1. The molecule has 5 atom stereocenters. The third-order valence-corrected chi connectivity index (χ3v) is 4.95. The van der Waals surface area contributed by atoms with Crippen LogP contribution in [0.2, 0.25) is 0 Å². The second-order valence-electron chi connectivity index (χ2n) is 7.23. The van der Waals surface area contributed by atoms with E-state index in [1.807, 2.05) is 0 Å². The standard InChI is InChI=1S/C16H19ClN6O12/c1-6(25)31-14(35-34-8(3)27)11(28)9(4-24)33-16(14,32-7(2)26)22-5-19-10-12(22)20-13(23(29)30)21-15(10,17)18/h9,11,24,28H,4-5,18H2,1-3H3/t9-,11-,14-,15?,16-/m1/s1. The third kappa shape index (κ3) is 4.30. The SMILES string of the molecule is CC(=O)OO[C@]1(OC(C)=O)[C@H](O)[C@@H](CO)O[C@@]1(OC(C)=O)N1CN=C2C1=NC([N+](=O)[O-])=NC2(N)Cl. The van der Waals surface area contributed by atoms with E-state index in [2.05, 4.69) is 19.9 Å². The maximum atomic E-state index is 12.2. The van der Waals surface area contributed by atoms with Gasteiger partial charge in [0.25, 0.3) is 5.12 Å². The first-order valence-corrected chi connectivity index (χ1v) is 9.94. The molecule has 0 radical (unpaired) electrons. The average Bonchev–Trinajstić information content (AvgIpc) is 3.26. The number of fused-ring (bicyclic) bond motifs is 1. The monoisotopic (exact) mass is 522 g/mol. The first kappa shape index (κ1) is 26.3. The predicted molar refractivity (Wildman–Crippen MR) is 109 cm³/mol. The first-order chi connectivity index (χ1) is 16.2. The highest BCUT2D eigenvalue weighted by Gasteiger charge is 2.79. The van der Waals surface area contributed by atoms with Crippen molar-refractivity contribution in [1.29, 1.82) is 0 Å². The number of nitrogens with two attached hydrogens (primary N) is 1. The van der Waals surface area contributed by atoms with Crippen LogP contribution in [0.5, 0.6) is 0 Å². The number of aliphatic imine (C=N–C) groups is 3. The van der Waals surface area contributed by atoms with Crippen molar-refractivity contribution in [2.75, 3.05) is 13.3 Å². The van der Waals surface area contributed by atoms with Crippen molar-refractivity contribution in [3.05, 3.63) is 10.1 Å². The van der Waals surface area contributed by atoms with Gasteiger partial charge in [-0.25, -0.2) is 4.79 Å². The number of carbonyl (C=O) groups is 3. The van der Waals surface area contributed by atoms with Crippen LogP contribution in [0.15, 0.2) is 15.0 Å². The summed E-state index contributed by atoms with van der Waals surface area (Å²) < 4.78 is 16.1. The molecule has 19 heteroatoms. The number of alkyl halides is 1. The fourth-order valence-electron chi connectivity index (χ4n) is 3.52. The zero-order valence-electron chi connectivity index (χ0n) is 18.2. The van der Waals surface area contributed by atoms with Crippen molar-refractivity contribution < 1.29 is 53.5 Å². The molecule has 0 aromatic heterocycles. The van der Waals surface area contributed by atoms with E-state index >= 15 is 0 Å². The molecule has 3 heterocycles. The lowest BCUT2D eigenvalue weighted by Crippen LogP contribution is -2.71. The van der Waals surface area contributed by atoms with Crippen molar-refractivity contribution in [2.45, 2.75) is 49.8 Å². The van der Waals surface area contributed by atoms with Crippen LogP contribution in [0.3, 0.4) is 0 Å². The Morgan fingerprint density at radius 1 is 1.29 bits per heavy atom. The molecule has 3 aliphatic heterocycles. The molecule has 1 saturated heterocycles. The number of esters is 2. The van der Waals surface area contributed by atoms with Crippen molar-refractivity contribution in [3.63, 3.8) is 0 Å². The summed E-state index contributed by atoms with van der Waals surface area (Å²) in [6, 6.07) is 0. The van der Waals surface area contributed by atoms with Crippen LogP contribution in [0.25, 0.3) is 0 Å². The summed E-state index contributed by atoms with van der Waals surface area (Å²) in [5.74, 6) is -11.1. The maximum absolute atomic E-state index is 12.2. The molecule has 0 bridgehead atoms. The largest absolute Gasteiger partial charge is 0.469 e. The van der Waals surface area contributed by atoms with Crippen molar-refractivity contribution in [3.8, 4) is 0 Å². The normalized spacial score (nSPS) is 33.8. The molecular weight excluding hydrogens is 504 g/mol. The summed E-state index contributed by atoms with van der Waals surface area (Å²) in [5, 5.41) is 29.8. The zero-order chi connectivity index (χ0) is 26.3. The van der Waals surface area contributed by atoms with Gasteiger partial charge in [-0.1, -0.05) is 16.6 Å². The molecule has 0 aliphatic carbocycles. The van der Waals surface area contributed by atoms with Gasteiger partial charge in [0.05, 0.1) is 6.61 Å². The summed E-state index contributed by atoms with van der Waals surface area (Å²) in [6.45, 7) is 1.02. The minimum Gasteiger partial charge on any atom is -0.418 e. The molecule has 1 unspecified atom stereocenters. The van der Waals surface area contributed by atoms with E-state index < -0.39 is 76.9 Å². The summed E-state index contributed by atoms with van der Waals surface area (Å²) in [5.41, 5.74) is 5.47. The van der Waals surface area contributed by atoms with E-state index in [-0.39, 0.29) is 5.71 Å². The van der Waals surface area contributed by atoms with Crippen LogP contribution in [0.4, 0.5) is 0 Å². The minimum absolute atomic E-state index is 0.369. The van der Waals surface area contributed by atoms with Crippen LogP contribution in [0, 0.1) is 10.1 Å². The highest BCUT2D eigenvalue weighted by atomic mass is 35.5. The van der Waals surface area contributed by atoms with Gasteiger partial charge in [-0.3, -0.25) is 30.1 Å². The van der Waals surface area contributed by atoms with E-state index in [4.69, 9.17) is 36.4 Å². The molecule has 0 amide bonds. The lowest BCUT2D eigenvalue weighted by Gasteiger charge is -2.44. The number of amidine groups is 1. The molecular formula is C16H19ClN6O12. The van der Waals surface area contributed by atoms with E-state index in [0.717, 1.165) is 25.7 Å². The Labute approximate surface area is 200 Å². The number of rotatable bonds is 6. The van der Waals surface area contributed by atoms with Gasteiger partial charge in [-0.15, -0.1) is 4.89 Å². The van der Waals surface area contributed by atoms with Gasteiger partial charge in [0.1, 0.15) is 12.8 Å². The molecule has 0 aromatic carbocycles. The van der Waals surface area contributed by atoms with Crippen LogP contribution < -0.4 is 5.73 Å². The average molecular weight is 523 g/mol. The Bertz CT molecular complexity index is 1060. The third-order valence-electron chi connectivity index (χ3n) is 4.69. The summed E-state index contributed by atoms with van der Waals surface area (Å²) in [4.78, 5) is 67.6. The highest BCUT2D eigenvalue weighted by Crippen LogP contribution is 2.49. The Hall–Kier alpha value is -3.29. The molecule has 35 heavy (non-hydrogen) atoms. The van der Waals surface area contributed by atoms with Gasteiger partial charge in [-0.2, -0.15) is 0 Å². The smallest absolute Gasteiger partial charge is 0.418 e. The Morgan fingerprint density at radius 3 is 2.43 bits per heavy atom. The Morgan fingerprint density at radius 2 is 1.91 bits per heavy atom. The number of halogens is 1. The summed E-state index contributed by atoms with van der Waals surface area (Å²) in [6.07, 6.45) is -3.90. The van der Waals surface area contributed by atoms with E-state index in [1.165, 1.54) is 0 Å². The molecule has 0 spiro atoms. The zero-order valence-corrected chi connectivity index (χ0v) is 19.0. The topological polar surface area (TPSA) is 247 Å². The van der Waals surface area contributed by atoms with Crippen LogP contribution >= 0.6 is 11.6 Å². The minimum atomic E-state index is -3.05. The van der Waals surface area contributed by atoms with Gasteiger partial charge in [-0.05, 0) is 9.92 Å². The Kier molecular flexibility index (Phi) is 6.81. The van der Waals surface area contributed by atoms with Crippen molar-refractivity contribution >= 4 is 47.0 Å². The molecule has 192 valence electrons. The number of nitrogens with zero attached hydrogens (tertiary/aromatic N) is 5. The second-order valence-corrected chi connectivity index (χ2v) is 7.81. The fraction of sp³-hybridized carbons (Fsp3) is 0.625. The second kappa shape index (κ2) is 9.06. The van der Waals surface area contributed by atoms with Crippen LogP contribution in [-0.4, -0.2) is 97.8 Å². The van der Waals surface area contributed by atoms with E-state index in [0.29, 0.717) is 0 Å². The Balaban J connectivity index is 2.29. The molecule has 3 rings (SSSR count). The lowest BCUT2D eigenvalue weighted by atomic mass is 10.0. The van der Waals surface area contributed by atoms with E-state index in [9.17, 15) is 34.7 Å². The van der Waals surface area contributed by atoms with Crippen molar-refractivity contribution in [1.82, 2.24) is 4.90 Å². The maximum Gasteiger partial charge on any atom is 0.469 e. The van der Waals surface area contributed by atoms with Gasteiger partial charge >= 0.3 is 35.6 Å². The number of nitro groups is 1. The van der Waals surface area contributed by atoms with Gasteiger partial charge in [0.15, 0.2) is 11.8 Å². The first-order valence-electron chi connectivity index (χ1n) is 9.56. The number of carbonyl (C=O) groups excluding carboxylic acids is 3. The number of ether oxygens (including phenoxy) is 3. The van der Waals surface area contributed by atoms with E-state index in [1.54, 1.807) is 0 Å².